The van der Waals surface area contributed by atoms with Gasteiger partial charge < -0.3 is 9.84 Å². The van der Waals surface area contributed by atoms with Crippen molar-refractivity contribution >= 4 is 29.2 Å². The van der Waals surface area contributed by atoms with E-state index in [1.807, 2.05) is 0 Å². The summed E-state index contributed by atoms with van der Waals surface area (Å²) in [4.78, 5) is 4.20. The Bertz CT molecular complexity index is 513. The molecule has 0 bridgehead atoms. The van der Waals surface area contributed by atoms with Crippen molar-refractivity contribution in [3.05, 3.63) is 28.2 Å². The number of nitrogens with zero attached hydrogens (tertiary/aromatic N) is 2. The van der Waals surface area contributed by atoms with Crippen molar-refractivity contribution in [2.24, 2.45) is 0 Å². The molecular weight excluding hydrogens is 261 g/mol. The summed E-state index contributed by atoms with van der Waals surface area (Å²) in [5.74, 6) is 0.488. The molecule has 0 aliphatic heterocycles. The molecule has 4 nitrogen and oxygen atoms in total. The average Bonchev–Trinajstić information content (AvgIpc) is 2.79. The van der Waals surface area contributed by atoms with Gasteiger partial charge in [-0.25, -0.2) is 0 Å². The second-order valence-electron chi connectivity index (χ2n) is 3.48. The molecule has 1 heterocycles. The van der Waals surface area contributed by atoms with Gasteiger partial charge in [0.15, 0.2) is 0 Å². The number of rotatable bonds is 4. The minimum Gasteiger partial charge on any atom is -0.338 e. The summed E-state index contributed by atoms with van der Waals surface area (Å²) >= 11 is 11.8. The second kappa shape index (κ2) is 5.38. The molecular formula is C11H11Cl2N3O. The maximum atomic E-state index is 5.92. The van der Waals surface area contributed by atoms with Crippen LogP contribution < -0.4 is 5.32 Å². The summed E-state index contributed by atoms with van der Waals surface area (Å²) in [6.45, 7) is 2.85. The molecule has 0 radical (unpaired) electrons. The fourth-order valence-corrected chi connectivity index (χ4v) is 1.58. The summed E-state index contributed by atoms with van der Waals surface area (Å²) in [7, 11) is 0. The third kappa shape index (κ3) is 2.90. The lowest BCUT2D eigenvalue weighted by atomic mass is 10.2. The SMILES string of the molecule is CCCNc1nc(-c2ccc(Cl)c(Cl)c2)no1. The van der Waals surface area contributed by atoms with E-state index in [2.05, 4.69) is 22.4 Å². The molecule has 0 saturated carbocycles. The second-order valence-corrected chi connectivity index (χ2v) is 4.29. The number of nitrogens with one attached hydrogen (secondary N) is 1. The molecule has 2 aromatic rings. The molecule has 0 amide bonds. The normalized spacial score (nSPS) is 10.5. The van der Waals surface area contributed by atoms with Crippen LogP contribution in [0.25, 0.3) is 11.4 Å². The van der Waals surface area contributed by atoms with Gasteiger partial charge in [-0.3, -0.25) is 0 Å². The quantitative estimate of drug-likeness (QED) is 0.918. The molecule has 0 saturated heterocycles. The fraction of sp³-hybridized carbons (Fsp3) is 0.273. The van der Waals surface area contributed by atoms with E-state index in [0.717, 1.165) is 18.5 Å². The zero-order chi connectivity index (χ0) is 12.3. The van der Waals surface area contributed by atoms with E-state index in [0.29, 0.717) is 21.9 Å². The number of hydrogen-bond acceptors (Lipinski definition) is 4. The summed E-state index contributed by atoms with van der Waals surface area (Å²) in [5, 5.41) is 7.84. The van der Waals surface area contributed by atoms with Crippen LogP contribution in [-0.2, 0) is 0 Å². The number of aromatic nitrogens is 2. The van der Waals surface area contributed by atoms with Crippen LogP contribution in [0.4, 0.5) is 6.01 Å². The van der Waals surface area contributed by atoms with Gasteiger partial charge in [0, 0.05) is 12.1 Å². The lowest BCUT2D eigenvalue weighted by molar-refractivity contribution is 0.432. The van der Waals surface area contributed by atoms with Gasteiger partial charge in [-0.1, -0.05) is 35.3 Å². The molecule has 2 rings (SSSR count). The zero-order valence-corrected chi connectivity index (χ0v) is 10.7. The Balaban J connectivity index is 2.21. The highest BCUT2D eigenvalue weighted by atomic mass is 35.5. The van der Waals surface area contributed by atoms with Gasteiger partial charge in [0.1, 0.15) is 0 Å². The number of benzene rings is 1. The average molecular weight is 272 g/mol. The van der Waals surface area contributed by atoms with Crippen LogP contribution in [0.1, 0.15) is 13.3 Å². The summed E-state index contributed by atoms with van der Waals surface area (Å²) in [6.07, 6.45) is 0.991. The van der Waals surface area contributed by atoms with Gasteiger partial charge in [-0.15, -0.1) is 0 Å². The Morgan fingerprint density at radius 3 is 2.82 bits per heavy atom. The number of hydrogen-bond donors (Lipinski definition) is 1. The molecule has 0 aliphatic carbocycles. The van der Waals surface area contributed by atoms with Crippen LogP contribution in [0.3, 0.4) is 0 Å². The first kappa shape index (κ1) is 12.2. The van der Waals surface area contributed by atoms with Crippen molar-refractivity contribution in [2.75, 3.05) is 11.9 Å². The Labute approximate surface area is 109 Å². The van der Waals surface area contributed by atoms with Crippen molar-refractivity contribution in [2.45, 2.75) is 13.3 Å². The highest BCUT2D eigenvalue weighted by molar-refractivity contribution is 6.42. The summed E-state index contributed by atoms with van der Waals surface area (Å²) < 4.78 is 5.04. The van der Waals surface area contributed by atoms with E-state index in [4.69, 9.17) is 27.7 Å². The van der Waals surface area contributed by atoms with E-state index in [1.165, 1.54) is 0 Å². The topological polar surface area (TPSA) is 51.0 Å². The Hall–Kier alpha value is -1.26. The summed E-state index contributed by atoms with van der Waals surface area (Å²) in [6, 6.07) is 5.61. The van der Waals surface area contributed by atoms with Gasteiger partial charge in [-0.2, -0.15) is 4.98 Å². The Morgan fingerprint density at radius 1 is 1.29 bits per heavy atom. The van der Waals surface area contributed by atoms with E-state index in [9.17, 15) is 0 Å². The predicted octanol–water partition coefficient (Wildman–Crippen LogP) is 3.87. The third-order valence-electron chi connectivity index (χ3n) is 2.13. The van der Waals surface area contributed by atoms with Crippen LogP contribution in [0, 0.1) is 0 Å². The first-order chi connectivity index (χ1) is 8.20. The standard InChI is InChI=1S/C11H11Cl2N3O/c1-2-5-14-11-15-10(16-17-11)7-3-4-8(12)9(13)6-7/h3-4,6H,2,5H2,1H3,(H,14,15,16). The van der Waals surface area contributed by atoms with Crippen molar-refractivity contribution in [1.82, 2.24) is 10.1 Å². The van der Waals surface area contributed by atoms with Crippen molar-refractivity contribution < 1.29 is 4.52 Å². The maximum absolute atomic E-state index is 5.92. The molecule has 1 aromatic heterocycles. The van der Waals surface area contributed by atoms with E-state index >= 15 is 0 Å². The van der Waals surface area contributed by atoms with Gasteiger partial charge in [-0.05, 0) is 24.6 Å². The maximum Gasteiger partial charge on any atom is 0.321 e. The summed E-state index contributed by atoms with van der Waals surface area (Å²) in [5.41, 5.74) is 0.771. The largest absolute Gasteiger partial charge is 0.338 e. The molecule has 0 fully saturated rings. The number of anilines is 1. The molecule has 0 unspecified atom stereocenters. The molecule has 0 aliphatic rings. The molecule has 0 atom stereocenters. The van der Waals surface area contributed by atoms with Gasteiger partial charge in [0.2, 0.25) is 5.82 Å². The first-order valence-corrected chi connectivity index (χ1v) is 5.99. The molecule has 1 N–H and O–H groups in total. The van der Waals surface area contributed by atoms with Crippen molar-refractivity contribution in [3.63, 3.8) is 0 Å². The van der Waals surface area contributed by atoms with Crippen LogP contribution >= 0.6 is 23.2 Å². The first-order valence-electron chi connectivity index (χ1n) is 5.23. The van der Waals surface area contributed by atoms with Crippen LogP contribution in [0.15, 0.2) is 22.7 Å². The highest BCUT2D eigenvalue weighted by Gasteiger charge is 2.09. The smallest absolute Gasteiger partial charge is 0.321 e. The molecule has 6 heteroatoms. The lowest BCUT2D eigenvalue weighted by Crippen LogP contribution is -1.99. The van der Waals surface area contributed by atoms with Crippen molar-refractivity contribution in [1.29, 1.82) is 0 Å². The molecule has 1 aromatic carbocycles. The van der Waals surface area contributed by atoms with Crippen LogP contribution in [0.5, 0.6) is 0 Å². The third-order valence-corrected chi connectivity index (χ3v) is 2.87. The monoisotopic (exact) mass is 271 g/mol. The Kier molecular flexibility index (Phi) is 3.86. The van der Waals surface area contributed by atoms with E-state index in [-0.39, 0.29) is 0 Å². The fourth-order valence-electron chi connectivity index (χ4n) is 1.28. The van der Waals surface area contributed by atoms with E-state index < -0.39 is 0 Å². The minimum absolute atomic E-state index is 0.410. The highest BCUT2D eigenvalue weighted by Crippen LogP contribution is 2.27. The predicted molar refractivity (Wildman–Crippen MR) is 68.5 cm³/mol. The van der Waals surface area contributed by atoms with E-state index in [1.54, 1.807) is 18.2 Å². The van der Waals surface area contributed by atoms with Crippen molar-refractivity contribution in [3.8, 4) is 11.4 Å². The molecule has 17 heavy (non-hydrogen) atoms. The van der Waals surface area contributed by atoms with Gasteiger partial charge in [0.25, 0.3) is 0 Å². The molecule has 90 valence electrons. The Morgan fingerprint density at radius 2 is 2.12 bits per heavy atom. The molecule has 0 spiro atoms. The zero-order valence-electron chi connectivity index (χ0n) is 9.20. The van der Waals surface area contributed by atoms with Gasteiger partial charge >= 0.3 is 6.01 Å². The lowest BCUT2D eigenvalue weighted by Gasteiger charge is -1.97. The van der Waals surface area contributed by atoms with Gasteiger partial charge in [0.05, 0.1) is 10.0 Å². The minimum atomic E-state index is 0.410. The van der Waals surface area contributed by atoms with Crippen LogP contribution in [-0.4, -0.2) is 16.7 Å². The van der Waals surface area contributed by atoms with Crippen LogP contribution in [0.2, 0.25) is 10.0 Å². The number of halogens is 2.